The number of aromatic nitrogens is 2. The molecule has 13 heavy (non-hydrogen) atoms. The van der Waals surface area contributed by atoms with Crippen LogP contribution in [0.25, 0.3) is 0 Å². The molecule has 0 saturated heterocycles. The van der Waals surface area contributed by atoms with E-state index in [0.29, 0.717) is 5.82 Å². The number of aryl methyl sites for hydroxylation is 2. The van der Waals surface area contributed by atoms with E-state index in [1.807, 2.05) is 6.92 Å². The Bertz CT molecular complexity index is 291. The summed E-state index contributed by atoms with van der Waals surface area (Å²) in [5.41, 5.74) is 0.783. The molecule has 0 aromatic carbocycles. The van der Waals surface area contributed by atoms with Crippen molar-refractivity contribution in [3.8, 4) is 0 Å². The molecule has 0 aliphatic carbocycles. The molecule has 0 saturated carbocycles. The maximum absolute atomic E-state index is 10.8. The first-order chi connectivity index (χ1) is 6.13. The third kappa shape index (κ3) is 5.17. The lowest BCUT2D eigenvalue weighted by Crippen LogP contribution is -2.09. The molecule has 0 spiro atoms. The molecule has 0 fully saturated rings. The fraction of sp³-hybridized carbons (Fsp3) is 0.600. The summed E-state index contributed by atoms with van der Waals surface area (Å²) in [6.45, 7) is 8.00. The van der Waals surface area contributed by atoms with Crippen LogP contribution < -0.4 is 5.56 Å². The van der Waals surface area contributed by atoms with E-state index in [1.54, 1.807) is 6.92 Å². The van der Waals surface area contributed by atoms with Gasteiger partial charge in [-0.2, -0.15) is 0 Å². The van der Waals surface area contributed by atoms with Crippen LogP contribution in [0.4, 0.5) is 0 Å². The Morgan fingerprint density at radius 2 is 1.92 bits per heavy atom. The Morgan fingerprint density at radius 3 is 2.31 bits per heavy atom. The highest BCUT2D eigenvalue weighted by Crippen LogP contribution is 1.89. The number of hydrogen-bond acceptors (Lipinski definition) is 2. The van der Waals surface area contributed by atoms with Crippen molar-refractivity contribution in [2.75, 3.05) is 0 Å². The zero-order chi connectivity index (χ0) is 10.3. The number of aromatic amines is 1. The lowest BCUT2D eigenvalue weighted by atomic mass is 10.3. The maximum atomic E-state index is 10.8. The minimum absolute atomic E-state index is 0.0654. The molecule has 0 aliphatic heterocycles. The molecule has 0 bridgehead atoms. The highest BCUT2D eigenvalue weighted by atomic mass is 16.1. The van der Waals surface area contributed by atoms with Crippen LogP contribution in [0.2, 0.25) is 0 Å². The van der Waals surface area contributed by atoms with E-state index >= 15 is 0 Å². The molecule has 0 amide bonds. The van der Waals surface area contributed by atoms with E-state index in [9.17, 15) is 4.79 Å². The van der Waals surface area contributed by atoms with Crippen molar-refractivity contribution in [1.29, 1.82) is 0 Å². The van der Waals surface area contributed by atoms with E-state index < -0.39 is 0 Å². The van der Waals surface area contributed by atoms with Gasteiger partial charge in [0.1, 0.15) is 5.82 Å². The first kappa shape index (κ1) is 11.9. The normalized spacial score (nSPS) is 8.92. The lowest BCUT2D eigenvalue weighted by Gasteiger charge is -1.94. The monoisotopic (exact) mass is 182 g/mol. The van der Waals surface area contributed by atoms with Gasteiger partial charge in [-0.15, -0.1) is 0 Å². The molecule has 0 unspecified atom stereocenters. The van der Waals surface area contributed by atoms with Gasteiger partial charge >= 0.3 is 0 Å². The molecule has 1 rings (SSSR count). The van der Waals surface area contributed by atoms with Crippen LogP contribution in [0.5, 0.6) is 0 Å². The van der Waals surface area contributed by atoms with Crippen LogP contribution in [0.15, 0.2) is 10.9 Å². The third-order valence-electron chi connectivity index (χ3n) is 1.28. The molecule has 0 radical (unpaired) electrons. The highest BCUT2D eigenvalue weighted by Gasteiger charge is 1.92. The number of rotatable bonds is 1. The summed E-state index contributed by atoms with van der Waals surface area (Å²) < 4.78 is 0. The van der Waals surface area contributed by atoms with Gasteiger partial charge < -0.3 is 4.98 Å². The SMILES string of the molecule is CCC.CCc1cc(=O)[nH]c(C)n1. The number of hydrogen-bond donors (Lipinski definition) is 1. The molecule has 1 aromatic heterocycles. The van der Waals surface area contributed by atoms with Crippen molar-refractivity contribution in [2.45, 2.75) is 40.5 Å². The van der Waals surface area contributed by atoms with Crippen LogP contribution in [0.1, 0.15) is 38.7 Å². The third-order valence-corrected chi connectivity index (χ3v) is 1.28. The second-order valence-electron chi connectivity index (χ2n) is 2.88. The van der Waals surface area contributed by atoms with Gasteiger partial charge in [0.15, 0.2) is 0 Å². The van der Waals surface area contributed by atoms with Crippen molar-refractivity contribution < 1.29 is 0 Å². The van der Waals surface area contributed by atoms with E-state index in [1.165, 1.54) is 12.5 Å². The van der Waals surface area contributed by atoms with Crippen LogP contribution in [0.3, 0.4) is 0 Å². The molecule has 0 aliphatic rings. The molecule has 1 aromatic rings. The quantitative estimate of drug-likeness (QED) is 0.722. The summed E-state index contributed by atoms with van der Waals surface area (Å²) >= 11 is 0. The summed E-state index contributed by atoms with van der Waals surface area (Å²) in [7, 11) is 0. The minimum Gasteiger partial charge on any atom is -0.311 e. The number of H-pyrrole nitrogens is 1. The van der Waals surface area contributed by atoms with Gasteiger partial charge in [0.05, 0.1) is 0 Å². The summed E-state index contributed by atoms with van der Waals surface area (Å²) in [6.07, 6.45) is 2.06. The first-order valence-corrected chi connectivity index (χ1v) is 4.70. The van der Waals surface area contributed by atoms with Crippen molar-refractivity contribution >= 4 is 0 Å². The van der Waals surface area contributed by atoms with E-state index in [0.717, 1.165) is 12.1 Å². The fourth-order valence-electron chi connectivity index (χ4n) is 0.822. The predicted octanol–water partition coefficient (Wildman–Crippen LogP) is 2.06. The minimum atomic E-state index is -0.0654. The van der Waals surface area contributed by atoms with Crippen molar-refractivity contribution in [2.24, 2.45) is 0 Å². The second kappa shape index (κ2) is 6.40. The van der Waals surface area contributed by atoms with E-state index in [2.05, 4.69) is 23.8 Å². The zero-order valence-electron chi connectivity index (χ0n) is 8.85. The summed E-state index contributed by atoms with van der Waals surface area (Å²) in [5.74, 6) is 0.685. The van der Waals surface area contributed by atoms with Gasteiger partial charge in [-0.05, 0) is 13.3 Å². The molecule has 0 atom stereocenters. The Labute approximate surface area is 79.2 Å². The van der Waals surface area contributed by atoms with Gasteiger partial charge in [-0.25, -0.2) is 4.98 Å². The van der Waals surface area contributed by atoms with Gasteiger partial charge in [0.25, 0.3) is 5.56 Å². The second-order valence-corrected chi connectivity index (χ2v) is 2.88. The van der Waals surface area contributed by atoms with Gasteiger partial charge in [-0.3, -0.25) is 4.79 Å². The van der Waals surface area contributed by atoms with E-state index in [4.69, 9.17) is 0 Å². The Hall–Kier alpha value is -1.12. The van der Waals surface area contributed by atoms with Crippen LogP contribution in [0, 0.1) is 6.92 Å². The summed E-state index contributed by atoms with van der Waals surface area (Å²) in [6, 6.07) is 1.52. The van der Waals surface area contributed by atoms with Crippen LogP contribution in [-0.2, 0) is 6.42 Å². The van der Waals surface area contributed by atoms with Crippen LogP contribution >= 0.6 is 0 Å². The first-order valence-electron chi connectivity index (χ1n) is 4.70. The van der Waals surface area contributed by atoms with Gasteiger partial charge in [-0.1, -0.05) is 27.2 Å². The van der Waals surface area contributed by atoms with E-state index in [-0.39, 0.29) is 5.56 Å². The molecular weight excluding hydrogens is 164 g/mol. The molecule has 1 N–H and O–H groups in total. The van der Waals surface area contributed by atoms with Crippen molar-refractivity contribution in [1.82, 2.24) is 9.97 Å². The number of nitrogens with zero attached hydrogens (tertiary/aromatic N) is 1. The van der Waals surface area contributed by atoms with Crippen LogP contribution in [-0.4, -0.2) is 9.97 Å². The largest absolute Gasteiger partial charge is 0.311 e. The Morgan fingerprint density at radius 1 is 1.38 bits per heavy atom. The highest BCUT2D eigenvalue weighted by molar-refractivity contribution is 5.01. The zero-order valence-corrected chi connectivity index (χ0v) is 8.85. The van der Waals surface area contributed by atoms with Gasteiger partial charge in [0, 0.05) is 11.8 Å². The standard InChI is InChI=1S/C7H10N2O.C3H8/c1-3-6-4-7(10)9-5(2)8-6;1-3-2/h4H,3H2,1-2H3,(H,8,9,10);3H2,1-2H3. The lowest BCUT2D eigenvalue weighted by molar-refractivity contribution is 0.929. The molecule has 3 heteroatoms. The van der Waals surface area contributed by atoms with Gasteiger partial charge in [0.2, 0.25) is 0 Å². The average Bonchev–Trinajstić information content (AvgIpc) is 2.04. The number of nitrogens with one attached hydrogen (secondary N) is 1. The smallest absolute Gasteiger partial charge is 0.251 e. The molecular formula is C10H18N2O. The topological polar surface area (TPSA) is 45.8 Å². The maximum Gasteiger partial charge on any atom is 0.251 e. The molecule has 1 heterocycles. The Balaban J connectivity index is 0.000000424. The molecule has 74 valence electrons. The average molecular weight is 182 g/mol. The summed E-state index contributed by atoms with van der Waals surface area (Å²) in [5, 5.41) is 0. The van der Waals surface area contributed by atoms with Crippen molar-refractivity contribution in [3.05, 3.63) is 27.9 Å². The fourth-order valence-corrected chi connectivity index (χ4v) is 0.822. The van der Waals surface area contributed by atoms with Crippen molar-refractivity contribution in [3.63, 3.8) is 0 Å². The molecule has 3 nitrogen and oxygen atoms in total. The predicted molar refractivity (Wildman–Crippen MR) is 54.9 cm³/mol. The Kier molecular flexibility index (Phi) is 5.85. The summed E-state index contributed by atoms with van der Waals surface area (Å²) in [4.78, 5) is 17.4.